The third-order valence-electron chi connectivity index (χ3n) is 15.6. The average Bonchev–Trinajstić information content (AvgIpc) is 3.33. The highest BCUT2D eigenvalue weighted by Crippen LogP contribution is 2.64. The lowest BCUT2D eigenvalue weighted by molar-refractivity contribution is -0.346. The number of hydrogen-bond donors (Lipinski definition) is 3. The standard InChI is InChI=1S/C59H66N2O17S2/c1-35-41(75-55(69)49(47(38-18-10-7-11-19-38)61-53(67)39-20-12-8-13-21-39)76-45(65)25-27-71-28-29-72-30-31-79-80-44-24-16-17-26-60-44)33-59(70)52(77-54(68)40-22-14-9-15-23-40)50-57(6,42(64)32-43-58(50,34-73-43)78-37(3)63)51(66)48(74-36(2)62)46(35)56(59,4)5/h7-24,26,41-43,47-50,52,64,70H,25,27-34H2,1-6H3,(H,61,67)/t41-,42-,43+,47-,48+,49+,50-,52-,57+,58-,59+/m0/s1. The number of carbonyl (C=O) groups is 7. The number of ketones is 1. The first-order chi connectivity index (χ1) is 38.2. The van der Waals surface area contributed by atoms with Gasteiger partial charge in [-0.25, -0.2) is 14.6 Å². The maximum absolute atomic E-state index is 15.8. The summed E-state index contributed by atoms with van der Waals surface area (Å²) in [5.74, 6) is -7.26. The number of hydrogen-bond acceptors (Lipinski definition) is 20. The van der Waals surface area contributed by atoms with Crippen molar-refractivity contribution in [3.05, 3.63) is 143 Å². The monoisotopic (exact) mass is 1140 g/mol. The second-order valence-corrected chi connectivity index (χ2v) is 23.3. The lowest BCUT2D eigenvalue weighted by Crippen LogP contribution is -2.82. The Morgan fingerprint density at radius 3 is 2.05 bits per heavy atom. The molecule has 426 valence electrons. The Kier molecular flexibility index (Phi) is 19.1. The van der Waals surface area contributed by atoms with Crippen molar-refractivity contribution in [2.75, 3.05) is 38.8 Å². The second-order valence-electron chi connectivity index (χ2n) is 20.9. The van der Waals surface area contributed by atoms with Gasteiger partial charge in [0.2, 0.25) is 6.10 Å². The number of carbonyl (C=O) groups excluding carboxylic acids is 7. The molecule has 4 aliphatic rings. The molecule has 2 bridgehead atoms. The number of rotatable bonds is 22. The molecule has 0 spiro atoms. The van der Waals surface area contributed by atoms with Crippen molar-refractivity contribution in [1.82, 2.24) is 10.3 Å². The summed E-state index contributed by atoms with van der Waals surface area (Å²) < 4.78 is 48.4. The number of esters is 5. The fraction of sp³-hybridized carbons (Fsp3) is 0.458. The Hall–Kier alpha value is -6.46. The van der Waals surface area contributed by atoms with Crippen molar-refractivity contribution in [3.8, 4) is 0 Å². The minimum absolute atomic E-state index is 0.0424. The molecule has 3 N–H and O–H groups in total. The van der Waals surface area contributed by atoms with Gasteiger partial charge in [0, 0.05) is 49.6 Å². The SMILES string of the molecule is CC(=O)O[C@H]1C(=O)[C@@]2(C)[C@H]([C@H](OC(=O)c3ccccc3)[C@]3(O)C[C@H](OC(=O)[C@H](OC(=O)CCOCCOCCSSc4ccccn4)[C@@H](NC(=O)c4ccccc4)c4ccccc4)C(C)=C1C3(C)C)[C@]1(OC(C)=O)CO[C@@H]1C[C@@H]2O. The van der Waals surface area contributed by atoms with Crippen LogP contribution in [0.4, 0.5) is 0 Å². The minimum Gasteiger partial charge on any atom is -0.455 e. The van der Waals surface area contributed by atoms with E-state index in [2.05, 4.69) is 10.3 Å². The van der Waals surface area contributed by atoms with Crippen molar-refractivity contribution in [3.63, 3.8) is 0 Å². The van der Waals surface area contributed by atoms with E-state index < -0.39 is 119 Å². The molecule has 2 saturated carbocycles. The molecular weight excluding hydrogens is 1070 g/mol. The number of ether oxygens (including phenoxy) is 8. The summed E-state index contributed by atoms with van der Waals surface area (Å²) >= 11 is 0. The van der Waals surface area contributed by atoms with Crippen LogP contribution in [-0.4, -0.2) is 143 Å². The van der Waals surface area contributed by atoms with E-state index >= 15 is 9.59 Å². The molecule has 0 radical (unpaired) electrons. The normalized spacial score (nSPS) is 27.2. The fourth-order valence-electron chi connectivity index (χ4n) is 11.6. The maximum atomic E-state index is 15.8. The quantitative estimate of drug-likeness (QED) is 0.0248. The molecule has 21 heteroatoms. The number of Topliss-reactive ketones (excluding diaryl/α,β-unsaturated/α-hetero) is 1. The van der Waals surface area contributed by atoms with Crippen LogP contribution in [0.25, 0.3) is 0 Å². The van der Waals surface area contributed by atoms with Crippen molar-refractivity contribution in [2.45, 2.75) is 120 Å². The molecule has 3 aliphatic carbocycles. The Balaban J connectivity index is 1.15. The van der Waals surface area contributed by atoms with Crippen LogP contribution < -0.4 is 5.32 Å². The number of benzene rings is 3. The molecule has 4 aromatic rings. The van der Waals surface area contributed by atoms with Crippen LogP contribution in [0.5, 0.6) is 0 Å². The number of aliphatic hydroxyl groups excluding tert-OH is 1. The van der Waals surface area contributed by atoms with E-state index in [9.17, 15) is 34.2 Å². The number of aliphatic hydroxyl groups is 2. The largest absolute Gasteiger partial charge is 0.455 e. The topological polar surface area (TPSA) is 259 Å². The zero-order valence-electron chi connectivity index (χ0n) is 45.2. The number of fused-ring (bicyclic) bond motifs is 5. The number of amides is 1. The summed E-state index contributed by atoms with van der Waals surface area (Å²) in [5.41, 5.74) is -7.47. The lowest BCUT2D eigenvalue weighted by atomic mass is 9.44. The van der Waals surface area contributed by atoms with Crippen LogP contribution in [-0.2, 0) is 61.9 Å². The summed E-state index contributed by atoms with van der Waals surface area (Å²) in [5, 5.41) is 30.0. The van der Waals surface area contributed by atoms with Gasteiger partial charge in [0.1, 0.15) is 35.0 Å². The third-order valence-corrected chi connectivity index (χ3v) is 17.9. The Bertz CT molecular complexity index is 2920. The molecule has 3 fully saturated rings. The molecule has 80 heavy (non-hydrogen) atoms. The molecule has 1 amide bonds. The van der Waals surface area contributed by atoms with Gasteiger partial charge in [0.05, 0.1) is 62.5 Å². The Labute approximate surface area is 471 Å². The highest BCUT2D eigenvalue weighted by molar-refractivity contribution is 8.76. The second kappa shape index (κ2) is 25.6. The van der Waals surface area contributed by atoms with E-state index in [1.54, 1.807) is 110 Å². The van der Waals surface area contributed by atoms with Gasteiger partial charge in [-0.2, -0.15) is 0 Å². The minimum atomic E-state index is -2.47. The fourth-order valence-corrected chi connectivity index (χ4v) is 13.3. The molecule has 19 nitrogen and oxygen atoms in total. The molecule has 8 rings (SSSR count). The zero-order valence-corrected chi connectivity index (χ0v) is 46.9. The van der Waals surface area contributed by atoms with Crippen molar-refractivity contribution >= 4 is 63.1 Å². The van der Waals surface area contributed by atoms with Gasteiger partial charge in [0.25, 0.3) is 5.91 Å². The number of nitrogens with zero attached hydrogens (tertiary/aromatic N) is 1. The van der Waals surface area contributed by atoms with E-state index in [1.165, 1.54) is 36.8 Å². The Morgan fingerprint density at radius 2 is 1.44 bits per heavy atom. The van der Waals surface area contributed by atoms with Crippen molar-refractivity contribution in [2.24, 2.45) is 16.7 Å². The molecule has 2 heterocycles. The van der Waals surface area contributed by atoms with E-state index in [0.717, 1.165) is 18.9 Å². The summed E-state index contributed by atoms with van der Waals surface area (Å²) in [6, 6.07) is 28.5. The van der Waals surface area contributed by atoms with E-state index in [4.69, 9.17) is 37.9 Å². The predicted octanol–water partition coefficient (Wildman–Crippen LogP) is 6.55. The first kappa shape index (κ1) is 59.7. The van der Waals surface area contributed by atoms with Crippen LogP contribution in [0.3, 0.4) is 0 Å². The van der Waals surface area contributed by atoms with E-state index in [0.29, 0.717) is 17.9 Å². The van der Waals surface area contributed by atoms with Gasteiger partial charge in [-0.3, -0.25) is 24.0 Å². The summed E-state index contributed by atoms with van der Waals surface area (Å²) in [6.07, 6.45) is -9.46. The van der Waals surface area contributed by atoms with Crippen molar-refractivity contribution in [1.29, 1.82) is 0 Å². The van der Waals surface area contributed by atoms with Gasteiger partial charge in [-0.05, 0) is 77.7 Å². The molecule has 0 unspecified atom stereocenters. The maximum Gasteiger partial charge on any atom is 0.350 e. The van der Waals surface area contributed by atoms with E-state index in [-0.39, 0.29) is 61.5 Å². The lowest BCUT2D eigenvalue weighted by Gasteiger charge is -2.67. The van der Waals surface area contributed by atoms with Gasteiger partial charge < -0.3 is 53.4 Å². The van der Waals surface area contributed by atoms with Crippen LogP contribution in [0.2, 0.25) is 0 Å². The Morgan fingerprint density at radius 1 is 0.800 bits per heavy atom. The van der Waals surface area contributed by atoms with Crippen LogP contribution in [0.15, 0.2) is 132 Å². The molecule has 1 aliphatic heterocycles. The van der Waals surface area contributed by atoms with E-state index in [1.807, 2.05) is 18.2 Å². The van der Waals surface area contributed by atoms with Gasteiger partial charge in [-0.15, -0.1) is 0 Å². The molecule has 11 atom stereocenters. The summed E-state index contributed by atoms with van der Waals surface area (Å²) in [4.78, 5) is 105. The first-order valence-corrected chi connectivity index (χ1v) is 28.6. The highest BCUT2D eigenvalue weighted by Gasteiger charge is 2.78. The summed E-state index contributed by atoms with van der Waals surface area (Å²) in [7, 11) is 3.12. The number of pyridine rings is 1. The molecular formula is C59H66N2O17S2. The number of nitrogens with one attached hydrogen (secondary N) is 1. The van der Waals surface area contributed by atoms with Crippen molar-refractivity contribution < 1.29 is 81.7 Å². The molecule has 1 aromatic heterocycles. The highest BCUT2D eigenvalue weighted by atomic mass is 33.1. The molecule has 3 aromatic carbocycles. The predicted molar refractivity (Wildman–Crippen MR) is 290 cm³/mol. The first-order valence-electron chi connectivity index (χ1n) is 26.3. The van der Waals surface area contributed by atoms with Gasteiger partial charge >= 0.3 is 29.8 Å². The van der Waals surface area contributed by atoms with Gasteiger partial charge in [0.15, 0.2) is 17.5 Å². The third kappa shape index (κ3) is 12.4. The smallest absolute Gasteiger partial charge is 0.350 e. The van der Waals surface area contributed by atoms with Crippen LogP contribution in [0.1, 0.15) is 93.1 Å². The number of aromatic nitrogens is 1. The van der Waals surface area contributed by atoms with Gasteiger partial charge in [-0.1, -0.05) is 97.4 Å². The van der Waals surface area contributed by atoms with Crippen LogP contribution in [0, 0.1) is 16.7 Å². The van der Waals surface area contributed by atoms with Crippen LogP contribution >= 0.6 is 21.6 Å². The summed E-state index contributed by atoms with van der Waals surface area (Å²) in [6.45, 7) is 8.57. The zero-order chi connectivity index (χ0) is 57.4. The molecule has 1 saturated heterocycles. The average molecular weight is 1140 g/mol.